The molecule has 3 aromatic rings. The first-order chi connectivity index (χ1) is 13.4. The van der Waals surface area contributed by atoms with Crippen LogP contribution in [0.15, 0.2) is 42.7 Å². The minimum absolute atomic E-state index is 0.0590. The molecule has 28 heavy (non-hydrogen) atoms. The highest BCUT2D eigenvalue weighted by molar-refractivity contribution is 5.92. The number of rotatable bonds is 6. The van der Waals surface area contributed by atoms with Gasteiger partial charge >= 0.3 is 0 Å². The zero-order chi connectivity index (χ0) is 20.3. The summed E-state index contributed by atoms with van der Waals surface area (Å²) in [6.07, 6.45) is 1.52. The van der Waals surface area contributed by atoms with E-state index in [1.54, 1.807) is 24.1 Å². The zero-order valence-corrected chi connectivity index (χ0v) is 16.5. The number of carbonyl (C=O) groups is 1. The number of carbonyl (C=O) groups excluding carboxylic acids is 1. The number of anilines is 1. The standard InChI is InChI=1S/C21H24FN5O/c1-23-21-17-10-15(6-8-19(17)24-13-25-21)14-5-7-18(22)16(9-14)11-27(4)20(28)12-26(2)3/h5-10,13H,11-12H2,1-4H3,(H,23,24,25). The van der Waals surface area contributed by atoms with Crippen molar-refractivity contribution in [2.24, 2.45) is 0 Å². The monoisotopic (exact) mass is 381 g/mol. The third-order valence-electron chi connectivity index (χ3n) is 4.54. The van der Waals surface area contributed by atoms with Gasteiger partial charge in [0.1, 0.15) is 18.0 Å². The number of nitrogens with zero attached hydrogens (tertiary/aromatic N) is 4. The van der Waals surface area contributed by atoms with Crippen LogP contribution in [0.1, 0.15) is 5.56 Å². The summed E-state index contributed by atoms with van der Waals surface area (Å²) in [5.41, 5.74) is 3.12. The van der Waals surface area contributed by atoms with E-state index in [0.29, 0.717) is 5.56 Å². The van der Waals surface area contributed by atoms with Crippen molar-refractivity contribution in [3.05, 3.63) is 54.1 Å². The van der Waals surface area contributed by atoms with Crippen LogP contribution < -0.4 is 5.32 Å². The Morgan fingerprint density at radius 3 is 2.50 bits per heavy atom. The minimum atomic E-state index is -0.326. The summed E-state index contributed by atoms with van der Waals surface area (Å²) in [6, 6.07) is 10.8. The lowest BCUT2D eigenvalue weighted by Crippen LogP contribution is -2.34. The first-order valence-electron chi connectivity index (χ1n) is 8.99. The molecule has 6 nitrogen and oxygen atoms in total. The van der Waals surface area contributed by atoms with Crippen LogP contribution >= 0.6 is 0 Å². The molecule has 0 spiro atoms. The van der Waals surface area contributed by atoms with Gasteiger partial charge < -0.3 is 15.1 Å². The van der Waals surface area contributed by atoms with E-state index in [0.717, 1.165) is 27.8 Å². The molecule has 0 fully saturated rings. The molecule has 2 aromatic carbocycles. The van der Waals surface area contributed by atoms with Crippen LogP contribution in [0.2, 0.25) is 0 Å². The molecule has 1 heterocycles. The van der Waals surface area contributed by atoms with Crippen LogP contribution in [0, 0.1) is 5.82 Å². The molecule has 0 aliphatic carbocycles. The molecule has 0 atom stereocenters. The van der Waals surface area contributed by atoms with Gasteiger partial charge in [0.25, 0.3) is 0 Å². The molecule has 7 heteroatoms. The maximum atomic E-state index is 14.4. The van der Waals surface area contributed by atoms with Gasteiger partial charge in [-0.2, -0.15) is 0 Å². The van der Waals surface area contributed by atoms with Crippen LogP contribution in [0.5, 0.6) is 0 Å². The van der Waals surface area contributed by atoms with Crippen LogP contribution in [-0.2, 0) is 11.3 Å². The van der Waals surface area contributed by atoms with Gasteiger partial charge in [-0.25, -0.2) is 14.4 Å². The molecule has 1 amide bonds. The van der Waals surface area contributed by atoms with Crippen LogP contribution in [0.4, 0.5) is 10.2 Å². The summed E-state index contributed by atoms with van der Waals surface area (Å²) in [7, 11) is 7.15. The van der Waals surface area contributed by atoms with Crippen LogP contribution in [0.25, 0.3) is 22.0 Å². The fourth-order valence-electron chi connectivity index (χ4n) is 3.05. The Morgan fingerprint density at radius 1 is 1.07 bits per heavy atom. The van der Waals surface area contributed by atoms with Gasteiger partial charge in [0, 0.05) is 31.6 Å². The molecular formula is C21H24FN5O. The second-order valence-corrected chi connectivity index (χ2v) is 7.00. The molecular weight excluding hydrogens is 357 g/mol. The Hall–Kier alpha value is -3.06. The molecule has 0 aliphatic rings. The lowest BCUT2D eigenvalue weighted by atomic mass is 10.0. The third kappa shape index (κ3) is 4.26. The van der Waals surface area contributed by atoms with E-state index in [1.807, 2.05) is 39.3 Å². The number of benzene rings is 2. The fraction of sp³-hybridized carbons (Fsp3) is 0.286. The van der Waals surface area contributed by atoms with Crippen molar-refractivity contribution < 1.29 is 9.18 Å². The lowest BCUT2D eigenvalue weighted by Gasteiger charge is -2.20. The number of amides is 1. The van der Waals surface area contributed by atoms with Gasteiger partial charge in [-0.15, -0.1) is 0 Å². The summed E-state index contributed by atoms with van der Waals surface area (Å²) in [4.78, 5) is 24.0. The Balaban J connectivity index is 1.93. The van der Waals surface area contributed by atoms with Crippen molar-refractivity contribution in [3.8, 4) is 11.1 Å². The highest BCUT2D eigenvalue weighted by atomic mass is 19.1. The number of hydrogen-bond donors (Lipinski definition) is 1. The highest BCUT2D eigenvalue weighted by Crippen LogP contribution is 2.28. The number of nitrogens with one attached hydrogen (secondary N) is 1. The second-order valence-electron chi connectivity index (χ2n) is 7.00. The highest BCUT2D eigenvalue weighted by Gasteiger charge is 2.14. The molecule has 0 bridgehead atoms. The van der Waals surface area contributed by atoms with Crippen molar-refractivity contribution in [3.63, 3.8) is 0 Å². The summed E-state index contributed by atoms with van der Waals surface area (Å²) >= 11 is 0. The molecule has 0 unspecified atom stereocenters. The number of hydrogen-bond acceptors (Lipinski definition) is 5. The maximum absolute atomic E-state index is 14.4. The van der Waals surface area contributed by atoms with Crippen LogP contribution in [-0.4, -0.2) is 60.4 Å². The van der Waals surface area contributed by atoms with Crippen molar-refractivity contribution in [2.45, 2.75) is 6.54 Å². The molecule has 3 rings (SSSR count). The van der Waals surface area contributed by atoms with Gasteiger partial charge in [0.2, 0.25) is 5.91 Å². The minimum Gasteiger partial charge on any atom is -0.373 e. The summed E-state index contributed by atoms with van der Waals surface area (Å²) in [5, 5.41) is 3.96. The number of aromatic nitrogens is 2. The molecule has 0 aliphatic heterocycles. The Bertz CT molecular complexity index is 1010. The SMILES string of the molecule is CNc1ncnc2ccc(-c3ccc(F)c(CN(C)C(=O)CN(C)C)c3)cc12. The van der Waals surface area contributed by atoms with Gasteiger partial charge in [-0.1, -0.05) is 12.1 Å². The van der Waals surface area contributed by atoms with Gasteiger partial charge in [0.15, 0.2) is 0 Å². The van der Waals surface area contributed by atoms with Crippen molar-refractivity contribution in [2.75, 3.05) is 40.1 Å². The quantitative estimate of drug-likeness (QED) is 0.711. The lowest BCUT2D eigenvalue weighted by molar-refractivity contribution is -0.131. The second kappa shape index (κ2) is 8.31. The average molecular weight is 381 g/mol. The fourth-order valence-corrected chi connectivity index (χ4v) is 3.05. The first kappa shape index (κ1) is 19.7. The number of likely N-dealkylation sites (N-methyl/N-ethyl adjacent to an activating group) is 2. The summed E-state index contributed by atoms with van der Waals surface area (Å²) in [6.45, 7) is 0.500. The van der Waals surface area contributed by atoms with Crippen molar-refractivity contribution >= 4 is 22.6 Å². The predicted octanol–water partition coefficient (Wildman–Crippen LogP) is 3.00. The molecule has 0 saturated heterocycles. The predicted molar refractivity (Wildman–Crippen MR) is 110 cm³/mol. The van der Waals surface area contributed by atoms with Crippen molar-refractivity contribution in [1.82, 2.24) is 19.8 Å². The van der Waals surface area contributed by atoms with E-state index in [4.69, 9.17) is 0 Å². The Kier molecular flexibility index (Phi) is 5.84. The van der Waals surface area contributed by atoms with E-state index >= 15 is 0 Å². The van der Waals surface area contributed by atoms with E-state index in [-0.39, 0.29) is 24.8 Å². The average Bonchev–Trinajstić information content (AvgIpc) is 2.68. The Morgan fingerprint density at radius 2 is 1.79 bits per heavy atom. The largest absolute Gasteiger partial charge is 0.373 e. The first-order valence-corrected chi connectivity index (χ1v) is 8.99. The van der Waals surface area contributed by atoms with E-state index in [1.165, 1.54) is 17.3 Å². The van der Waals surface area contributed by atoms with Gasteiger partial charge in [0.05, 0.1) is 12.1 Å². The normalized spacial score (nSPS) is 11.1. The zero-order valence-electron chi connectivity index (χ0n) is 16.5. The summed E-state index contributed by atoms with van der Waals surface area (Å²) < 4.78 is 14.4. The molecule has 0 radical (unpaired) electrons. The molecule has 1 aromatic heterocycles. The Labute approximate surface area is 164 Å². The van der Waals surface area contributed by atoms with E-state index in [2.05, 4.69) is 15.3 Å². The maximum Gasteiger partial charge on any atom is 0.236 e. The van der Waals surface area contributed by atoms with E-state index in [9.17, 15) is 9.18 Å². The molecule has 0 saturated carbocycles. The molecule has 146 valence electrons. The number of fused-ring (bicyclic) bond motifs is 1. The third-order valence-corrected chi connectivity index (χ3v) is 4.54. The topological polar surface area (TPSA) is 61.4 Å². The number of halogens is 1. The van der Waals surface area contributed by atoms with Crippen LogP contribution in [0.3, 0.4) is 0 Å². The molecule has 1 N–H and O–H groups in total. The van der Waals surface area contributed by atoms with Gasteiger partial charge in [-0.3, -0.25) is 4.79 Å². The smallest absolute Gasteiger partial charge is 0.236 e. The van der Waals surface area contributed by atoms with Gasteiger partial charge in [-0.05, 0) is 49.5 Å². The summed E-state index contributed by atoms with van der Waals surface area (Å²) in [5.74, 6) is 0.354. The van der Waals surface area contributed by atoms with Crippen molar-refractivity contribution in [1.29, 1.82) is 0 Å². The van der Waals surface area contributed by atoms with E-state index < -0.39 is 0 Å².